The van der Waals surface area contributed by atoms with Crippen molar-refractivity contribution in [3.8, 4) is 0 Å². The van der Waals surface area contributed by atoms with E-state index in [4.69, 9.17) is 0 Å². The molecule has 1 aliphatic heterocycles. The van der Waals surface area contributed by atoms with Gasteiger partial charge in [-0.15, -0.1) is 0 Å². The summed E-state index contributed by atoms with van der Waals surface area (Å²) in [7, 11) is 0. The van der Waals surface area contributed by atoms with Crippen molar-refractivity contribution in [1.29, 1.82) is 0 Å². The molecule has 1 aliphatic carbocycles. The van der Waals surface area contributed by atoms with Crippen LogP contribution in [0.1, 0.15) is 65.7 Å². The Morgan fingerprint density at radius 2 is 1.95 bits per heavy atom. The second kappa shape index (κ2) is 6.11. The zero-order valence-electron chi connectivity index (χ0n) is 12.8. The molecule has 2 rings (SSSR count). The molecular formula is C17H29NO. The molecular weight excluding hydrogens is 234 g/mol. The molecule has 1 heterocycles. The van der Waals surface area contributed by atoms with Crippen LogP contribution in [0, 0.1) is 11.3 Å². The van der Waals surface area contributed by atoms with Crippen LogP contribution in [0.15, 0.2) is 12.2 Å². The van der Waals surface area contributed by atoms with Gasteiger partial charge in [-0.2, -0.15) is 0 Å². The van der Waals surface area contributed by atoms with E-state index in [0.29, 0.717) is 17.9 Å². The van der Waals surface area contributed by atoms with Crippen LogP contribution in [0.25, 0.3) is 0 Å². The fourth-order valence-corrected chi connectivity index (χ4v) is 3.37. The first kappa shape index (κ1) is 14.6. The van der Waals surface area contributed by atoms with Crippen LogP contribution in [-0.2, 0) is 4.79 Å². The van der Waals surface area contributed by atoms with Crippen LogP contribution in [0.4, 0.5) is 0 Å². The Morgan fingerprint density at radius 3 is 2.58 bits per heavy atom. The number of carbonyl (C=O) groups is 1. The summed E-state index contributed by atoms with van der Waals surface area (Å²) in [6.07, 6.45) is 13.2. The third-order valence-corrected chi connectivity index (χ3v) is 5.09. The molecule has 0 bridgehead atoms. The molecule has 0 aromatic heterocycles. The summed E-state index contributed by atoms with van der Waals surface area (Å²) < 4.78 is 0. The SMILES string of the molecule is CCC(C)(C)C(=O)N1CCC=CC1C1CCCCC1. The molecule has 1 amide bonds. The van der Waals surface area contributed by atoms with Crippen molar-refractivity contribution in [3.05, 3.63) is 12.2 Å². The lowest BCUT2D eigenvalue weighted by Gasteiger charge is -2.42. The van der Waals surface area contributed by atoms with E-state index < -0.39 is 0 Å². The maximum Gasteiger partial charge on any atom is 0.228 e. The normalized spacial score (nSPS) is 25.6. The van der Waals surface area contributed by atoms with Crippen molar-refractivity contribution in [2.75, 3.05) is 6.54 Å². The molecule has 0 N–H and O–H groups in total. The number of amides is 1. The largest absolute Gasteiger partial charge is 0.335 e. The summed E-state index contributed by atoms with van der Waals surface area (Å²) in [5, 5.41) is 0. The highest BCUT2D eigenvalue weighted by atomic mass is 16.2. The highest BCUT2D eigenvalue weighted by Gasteiger charge is 2.37. The lowest BCUT2D eigenvalue weighted by atomic mass is 9.80. The predicted octanol–water partition coefficient (Wildman–Crippen LogP) is 4.16. The van der Waals surface area contributed by atoms with E-state index in [9.17, 15) is 4.79 Å². The Kier molecular flexibility index (Phi) is 4.70. The lowest BCUT2D eigenvalue weighted by molar-refractivity contribution is -0.143. The van der Waals surface area contributed by atoms with Crippen molar-refractivity contribution in [2.45, 2.75) is 71.8 Å². The quantitative estimate of drug-likeness (QED) is 0.700. The summed E-state index contributed by atoms with van der Waals surface area (Å²) in [6, 6.07) is 0.368. The van der Waals surface area contributed by atoms with Crippen molar-refractivity contribution < 1.29 is 4.79 Å². The van der Waals surface area contributed by atoms with E-state index in [1.54, 1.807) is 0 Å². The van der Waals surface area contributed by atoms with Gasteiger partial charge in [-0.05, 0) is 31.6 Å². The van der Waals surface area contributed by atoms with Gasteiger partial charge in [-0.1, -0.05) is 52.2 Å². The lowest BCUT2D eigenvalue weighted by Crippen LogP contribution is -2.50. The predicted molar refractivity (Wildman–Crippen MR) is 79.9 cm³/mol. The van der Waals surface area contributed by atoms with Gasteiger partial charge in [0.25, 0.3) is 0 Å². The zero-order valence-corrected chi connectivity index (χ0v) is 12.8. The maximum absolute atomic E-state index is 12.8. The molecule has 0 saturated heterocycles. The average molecular weight is 263 g/mol. The molecule has 2 heteroatoms. The summed E-state index contributed by atoms with van der Waals surface area (Å²) in [5.74, 6) is 1.05. The van der Waals surface area contributed by atoms with Gasteiger partial charge in [0.2, 0.25) is 5.91 Å². The molecule has 2 nitrogen and oxygen atoms in total. The topological polar surface area (TPSA) is 20.3 Å². The number of hydrogen-bond acceptors (Lipinski definition) is 1. The van der Waals surface area contributed by atoms with Gasteiger partial charge in [0, 0.05) is 12.0 Å². The van der Waals surface area contributed by atoms with Gasteiger partial charge < -0.3 is 4.90 Å². The first-order chi connectivity index (χ1) is 9.06. The van der Waals surface area contributed by atoms with Crippen LogP contribution < -0.4 is 0 Å². The van der Waals surface area contributed by atoms with Crippen LogP contribution in [-0.4, -0.2) is 23.4 Å². The Balaban J connectivity index is 2.13. The first-order valence-corrected chi connectivity index (χ1v) is 8.04. The minimum Gasteiger partial charge on any atom is -0.335 e. The fourth-order valence-electron chi connectivity index (χ4n) is 3.37. The number of nitrogens with zero attached hydrogens (tertiary/aromatic N) is 1. The van der Waals surface area contributed by atoms with Gasteiger partial charge in [-0.25, -0.2) is 0 Å². The minimum absolute atomic E-state index is 0.210. The Morgan fingerprint density at radius 1 is 1.26 bits per heavy atom. The Hall–Kier alpha value is -0.790. The summed E-state index contributed by atoms with van der Waals surface area (Å²) in [4.78, 5) is 15.0. The third kappa shape index (κ3) is 3.21. The third-order valence-electron chi connectivity index (χ3n) is 5.09. The molecule has 1 saturated carbocycles. The van der Waals surface area contributed by atoms with Crippen LogP contribution in [0.5, 0.6) is 0 Å². The van der Waals surface area contributed by atoms with Gasteiger partial charge >= 0.3 is 0 Å². The van der Waals surface area contributed by atoms with E-state index in [2.05, 4.69) is 37.8 Å². The van der Waals surface area contributed by atoms with Crippen molar-refractivity contribution in [3.63, 3.8) is 0 Å². The molecule has 2 aliphatic rings. The summed E-state index contributed by atoms with van der Waals surface area (Å²) in [5.41, 5.74) is -0.210. The molecule has 0 spiro atoms. The van der Waals surface area contributed by atoms with Crippen molar-refractivity contribution in [1.82, 2.24) is 4.90 Å². The van der Waals surface area contributed by atoms with Gasteiger partial charge in [0.1, 0.15) is 0 Å². The van der Waals surface area contributed by atoms with Crippen molar-refractivity contribution >= 4 is 5.91 Å². The smallest absolute Gasteiger partial charge is 0.228 e. The van der Waals surface area contributed by atoms with Gasteiger partial charge in [-0.3, -0.25) is 4.79 Å². The zero-order chi connectivity index (χ0) is 13.9. The Bertz CT molecular complexity index is 339. The second-order valence-corrected chi connectivity index (χ2v) is 6.84. The van der Waals surface area contributed by atoms with Crippen LogP contribution >= 0.6 is 0 Å². The highest BCUT2D eigenvalue weighted by molar-refractivity contribution is 5.82. The number of rotatable bonds is 3. The molecule has 1 unspecified atom stereocenters. The maximum atomic E-state index is 12.8. The fraction of sp³-hybridized carbons (Fsp3) is 0.824. The van der Waals surface area contributed by atoms with E-state index in [1.807, 2.05) is 0 Å². The van der Waals surface area contributed by atoms with E-state index in [-0.39, 0.29) is 5.41 Å². The van der Waals surface area contributed by atoms with Crippen LogP contribution in [0.2, 0.25) is 0 Å². The Labute approximate surface area is 118 Å². The summed E-state index contributed by atoms with van der Waals surface area (Å²) in [6.45, 7) is 7.21. The van der Waals surface area contributed by atoms with Crippen molar-refractivity contribution in [2.24, 2.45) is 11.3 Å². The van der Waals surface area contributed by atoms with E-state index >= 15 is 0 Å². The number of carbonyl (C=O) groups excluding carboxylic acids is 1. The second-order valence-electron chi connectivity index (χ2n) is 6.84. The van der Waals surface area contributed by atoms with Crippen LogP contribution in [0.3, 0.4) is 0 Å². The average Bonchev–Trinajstić information content (AvgIpc) is 2.47. The molecule has 1 fully saturated rings. The van der Waals surface area contributed by atoms with E-state index in [1.165, 1.54) is 32.1 Å². The minimum atomic E-state index is -0.210. The molecule has 0 radical (unpaired) electrons. The summed E-state index contributed by atoms with van der Waals surface area (Å²) >= 11 is 0. The van der Waals surface area contributed by atoms with Gasteiger partial charge in [0.05, 0.1) is 6.04 Å². The molecule has 1 atom stereocenters. The van der Waals surface area contributed by atoms with E-state index in [0.717, 1.165) is 19.4 Å². The molecule has 0 aromatic carbocycles. The monoisotopic (exact) mass is 263 g/mol. The molecule has 0 aromatic rings. The standard InChI is InChI=1S/C17H29NO/c1-4-17(2,3)16(19)18-13-9-8-12-15(18)14-10-6-5-7-11-14/h8,12,14-15H,4-7,9-11,13H2,1-3H3. The first-order valence-electron chi connectivity index (χ1n) is 8.04. The molecule has 19 heavy (non-hydrogen) atoms. The number of hydrogen-bond donors (Lipinski definition) is 0. The highest BCUT2D eigenvalue weighted by Crippen LogP contribution is 2.34. The van der Waals surface area contributed by atoms with Gasteiger partial charge in [0.15, 0.2) is 0 Å². The molecule has 108 valence electrons.